The SMILES string of the molecule is CCc1ccc(C(Br)c2ccc3c(c2)n(C)c(=O)n3C)o1. The topological polar surface area (TPSA) is 40.1 Å². The fourth-order valence-electron chi connectivity index (χ4n) is 2.57. The molecule has 1 aromatic carbocycles. The summed E-state index contributed by atoms with van der Waals surface area (Å²) in [5.41, 5.74) is 2.91. The number of benzene rings is 1. The van der Waals surface area contributed by atoms with Gasteiger partial charge in [0.25, 0.3) is 0 Å². The average molecular weight is 349 g/mol. The molecule has 0 aliphatic heterocycles. The van der Waals surface area contributed by atoms with Gasteiger partial charge in [-0.1, -0.05) is 28.9 Å². The van der Waals surface area contributed by atoms with E-state index < -0.39 is 0 Å². The smallest absolute Gasteiger partial charge is 0.328 e. The summed E-state index contributed by atoms with van der Waals surface area (Å²) >= 11 is 3.68. The number of hydrogen-bond acceptors (Lipinski definition) is 2. The van der Waals surface area contributed by atoms with Crippen LogP contribution in [0.4, 0.5) is 0 Å². The first-order chi connectivity index (χ1) is 10.0. The van der Waals surface area contributed by atoms with E-state index in [1.54, 1.807) is 23.2 Å². The maximum absolute atomic E-state index is 12.0. The van der Waals surface area contributed by atoms with Crippen LogP contribution in [-0.2, 0) is 20.5 Å². The lowest BCUT2D eigenvalue weighted by molar-refractivity contribution is 0.477. The van der Waals surface area contributed by atoms with E-state index in [0.29, 0.717) is 0 Å². The number of aromatic nitrogens is 2. The average Bonchev–Trinajstić information content (AvgIpc) is 3.07. The molecule has 1 atom stereocenters. The van der Waals surface area contributed by atoms with E-state index in [1.165, 1.54) is 0 Å². The van der Waals surface area contributed by atoms with Crippen LogP contribution < -0.4 is 5.69 Å². The summed E-state index contributed by atoms with van der Waals surface area (Å²) in [4.78, 5) is 12.0. The molecule has 4 nitrogen and oxygen atoms in total. The number of alkyl halides is 1. The molecule has 0 aliphatic rings. The van der Waals surface area contributed by atoms with Crippen LogP contribution in [0, 0.1) is 0 Å². The van der Waals surface area contributed by atoms with Crippen molar-refractivity contribution >= 4 is 27.0 Å². The van der Waals surface area contributed by atoms with Crippen LogP contribution in [0.5, 0.6) is 0 Å². The van der Waals surface area contributed by atoms with E-state index in [1.807, 2.05) is 30.3 Å². The lowest BCUT2D eigenvalue weighted by Crippen LogP contribution is -2.19. The van der Waals surface area contributed by atoms with Crippen molar-refractivity contribution in [3.05, 3.63) is 57.9 Å². The Balaban J connectivity index is 2.08. The van der Waals surface area contributed by atoms with E-state index >= 15 is 0 Å². The normalized spacial score (nSPS) is 13.0. The molecule has 0 fully saturated rings. The predicted molar refractivity (Wildman–Crippen MR) is 87.0 cm³/mol. The molecule has 0 radical (unpaired) electrons. The van der Waals surface area contributed by atoms with Crippen molar-refractivity contribution in [3.8, 4) is 0 Å². The number of imidazole rings is 1. The Kier molecular flexibility index (Phi) is 3.53. The summed E-state index contributed by atoms with van der Waals surface area (Å²) in [5, 5.41) is 0. The first-order valence-electron chi connectivity index (χ1n) is 6.91. The van der Waals surface area contributed by atoms with Crippen molar-refractivity contribution < 1.29 is 4.42 Å². The molecular formula is C16H17BrN2O2. The maximum Gasteiger partial charge on any atom is 0.328 e. The van der Waals surface area contributed by atoms with Crippen LogP contribution in [0.1, 0.15) is 28.8 Å². The zero-order valence-corrected chi connectivity index (χ0v) is 13.8. The van der Waals surface area contributed by atoms with Gasteiger partial charge >= 0.3 is 5.69 Å². The Morgan fingerprint density at radius 3 is 2.52 bits per heavy atom. The highest BCUT2D eigenvalue weighted by molar-refractivity contribution is 9.09. The second-order valence-corrected chi connectivity index (χ2v) is 6.08. The van der Waals surface area contributed by atoms with Crippen molar-refractivity contribution in [2.45, 2.75) is 18.2 Å². The molecule has 0 saturated heterocycles. The Labute approximate surface area is 131 Å². The highest BCUT2D eigenvalue weighted by atomic mass is 79.9. The molecule has 3 rings (SSSR count). The molecule has 0 saturated carbocycles. The van der Waals surface area contributed by atoms with E-state index in [-0.39, 0.29) is 10.5 Å². The van der Waals surface area contributed by atoms with E-state index in [2.05, 4.69) is 22.9 Å². The second kappa shape index (κ2) is 5.22. The molecule has 0 amide bonds. The number of hydrogen-bond donors (Lipinski definition) is 0. The lowest BCUT2D eigenvalue weighted by atomic mass is 10.1. The minimum absolute atomic E-state index is 0.0143. The van der Waals surface area contributed by atoms with Gasteiger partial charge in [0.05, 0.1) is 15.9 Å². The van der Waals surface area contributed by atoms with Crippen LogP contribution in [0.25, 0.3) is 11.0 Å². The first kappa shape index (κ1) is 14.2. The molecular weight excluding hydrogens is 332 g/mol. The predicted octanol–water partition coefficient (Wildman–Crippen LogP) is 3.52. The molecule has 5 heteroatoms. The zero-order chi connectivity index (χ0) is 15.1. The molecule has 0 N–H and O–H groups in total. The second-order valence-electron chi connectivity index (χ2n) is 5.17. The third-order valence-electron chi connectivity index (χ3n) is 3.87. The van der Waals surface area contributed by atoms with Gasteiger partial charge in [0.2, 0.25) is 0 Å². The minimum atomic E-state index is -0.0162. The van der Waals surface area contributed by atoms with Crippen molar-refractivity contribution in [1.82, 2.24) is 9.13 Å². The van der Waals surface area contributed by atoms with Gasteiger partial charge in [-0.3, -0.25) is 9.13 Å². The van der Waals surface area contributed by atoms with E-state index in [9.17, 15) is 4.79 Å². The van der Waals surface area contributed by atoms with Crippen LogP contribution in [0.2, 0.25) is 0 Å². The number of aryl methyl sites for hydroxylation is 3. The Morgan fingerprint density at radius 1 is 1.14 bits per heavy atom. The third kappa shape index (κ3) is 2.25. The number of furan rings is 1. The number of halogens is 1. The zero-order valence-electron chi connectivity index (χ0n) is 12.3. The van der Waals surface area contributed by atoms with Crippen molar-refractivity contribution in [2.75, 3.05) is 0 Å². The van der Waals surface area contributed by atoms with Gasteiger partial charge in [-0.25, -0.2) is 4.79 Å². The van der Waals surface area contributed by atoms with Crippen molar-refractivity contribution in [1.29, 1.82) is 0 Å². The van der Waals surface area contributed by atoms with Crippen LogP contribution in [-0.4, -0.2) is 9.13 Å². The highest BCUT2D eigenvalue weighted by Crippen LogP contribution is 2.33. The summed E-state index contributed by atoms with van der Waals surface area (Å²) in [6.07, 6.45) is 0.881. The summed E-state index contributed by atoms with van der Waals surface area (Å²) < 4.78 is 9.12. The highest BCUT2D eigenvalue weighted by Gasteiger charge is 2.16. The molecule has 0 bridgehead atoms. The number of fused-ring (bicyclic) bond motifs is 1. The van der Waals surface area contributed by atoms with Crippen LogP contribution in [0.3, 0.4) is 0 Å². The lowest BCUT2D eigenvalue weighted by Gasteiger charge is -2.08. The fourth-order valence-corrected chi connectivity index (χ4v) is 3.10. The fraction of sp³-hybridized carbons (Fsp3) is 0.312. The summed E-state index contributed by atoms with van der Waals surface area (Å²) in [7, 11) is 3.58. The number of rotatable bonds is 3. The standard InChI is InChI=1S/C16H17BrN2O2/c1-4-11-6-8-14(21-11)15(17)10-5-7-12-13(9-10)19(3)16(20)18(12)2/h5-9,15H,4H2,1-3H3. The van der Waals surface area contributed by atoms with E-state index in [0.717, 1.165) is 34.5 Å². The Morgan fingerprint density at radius 2 is 1.86 bits per heavy atom. The van der Waals surface area contributed by atoms with Gasteiger partial charge in [0.15, 0.2) is 0 Å². The molecule has 21 heavy (non-hydrogen) atoms. The molecule has 0 spiro atoms. The van der Waals surface area contributed by atoms with Crippen molar-refractivity contribution in [3.63, 3.8) is 0 Å². The van der Waals surface area contributed by atoms with E-state index in [4.69, 9.17) is 4.42 Å². The molecule has 2 heterocycles. The summed E-state index contributed by atoms with van der Waals surface area (Å²) in [6, 6.07) is 10.0. The van der Waals surface area contributed by atoms with Gasteiger partial charge in [-0.2, -0.15) is 0 Å². The molecule has 2 aromatic heterocycles. The molecule has 0 aliphatic carbocycles. The molecule has 1 unspecified atom stereocenters. The van der Waals surface area contributed by atoms with Crippen molar-refractivity contribution in [2.24, 2.45) is 14.1 Å². The largest absolute Gasteiger partial charge is 0.465 e. The summed E-state index contributed by atoms with van der Waals surface area (Å²) in [5.74, 6) is 1.86. The summed E-state index contributed by atoms with van der Waals surface area (Å²) in [6.45, 7) is 2.07. The first-order valence-corrected chi connectivity index (χ1v) is 7.82. The minimum Gasteiger partial charge on any atom is -0.465 e. The van der Waals surface area contributed by atoms with Gasteiger partial charge in [0, 0.05) is 20.5 Å². The third-order valence-corrected chi connectivity index (χ3v) is 4.85. The monoisotopic (exact) mass is 348 g/mol. The Hall–Kier alpha value is -1.75. The van der Waals surface area contributed by atoms with Crippen LogP contribution in [0.15, 0.2) is 39.5 Å². The molecule has 3 aromatic rings. The van der Waals surface area contributed by atoms with Gasteiger partial charge in [-0.15, -0.1) is 0 Å². The molecule has 110 valence electrons. The maximum atomic E-state index is 12.0. The van der Waals surface area contributed by atoms with Gasteiger partial charge in [0.1, 0.15) is 11.5 Å². The van der Waals surface area contributed by atoms with Gasteiger partial charge < -0.3 is 4.42 Å². The quantitative estimate of drug-likeness (QED) is 0.679. The van der Waals surface area contributed by atoms with Gasteiger partial charge in [-0.05, 0) is 29.8 Å². The Bertz CT molecular complexity index is 857. The number of nitrogens with zero attached hydrogens (tertiary/aromatic N) is 2. The van der Waals surface area contributed by atoms with Crippen LogP contribution >= 0.6 is 15.9 Å².